The summed E-state index contributed by atoms with van der Waals surface area (Å²) >= 11 is 0. The van der Waals surface area contributed by atoms with Gasteiger partial charge in [-0.1, -0.05) is 0 Å². The third-order valence-electron chi connectivity index (χ3n) is 3.45. The molecule has 5 heteroatoms. The van der Waals surface area contributed by atoms with Gasteiger partial charge in [-0.25, -0.2) is 15.8 Å². The fourth-order valence-corrected chi connectivity index (χ4v) is 2.40. The molecule has 2 heterocycles. The molecule has 0 atom stereocenters. The van der Waals surface area contributed by atoms with Crippen molar-refractivity contribution in [3.63, 3.8) is 0 Å². The predicted molar refractivity (Wildman–Crippen MR) is 68.3 cm³/mol. The maximum atomic E-state index is 5.40. The quantitative estimate of drug-likeness (QED) is 0.613. The van der Waals surface area contributed by atoms with Crippen LogP contribution in [0, 0.1) is 6.92 Å². The lowest BCUT2D eigenvalue weighted by atomic mass is 10.0. The molecule has 1 fully saturated rings. The Morgan fingerprint density at radius 1 is 1.47 bits per heavy atom. The van der Waals surface area contributed by atoms with E-state index in [4.69, 9.17) is 5.84 Å². The number of anilines is 1. The van der Waals surface area contributed by atoms with E-state index >= 15 is 0 Å². The Balaban J connectivity index is 2.15. The topological polar surface area (TPSA) is 67.1 Å². The summed E-state index contributed by atoms with van der Waals surface area (Å²) in [5, 5.41) is 0. The minimum absolute atomic E-state index is 0.253. The second kappa shape index (κ2) is 4.58. The first-order valence-electron chi connectivity index (χ1n) is 6.07. The SMILES string of the molecule is Cc1cc(NN)nc(CN2CCCC2(C)C)n1. The molecule has 5 nitrogen and oxygen atoms in total. The van der Waals surface area contributed by atoms with E-state index in [0.717, 1.165) is 24.6 Å². The number of nitrogens with two attached hydrogens (primary N) is 1. The van der Waals surface area contributed by atoms with E-state index in [9.17, 15) is 0 Å². The Labute approximate surface area is 102 Å². The average molecular weight is 235 g/mol. The molecule has 1 aromatic heterocycles. The molecule has 17 heavy (non-hydrogen) atoms. The first kappa shape index (κ1) is 12.3. The molecule has 1 saturated heterocycles. The van der Waals surface area contributed by atoms with Gasteiger partial charge in [0, 0.05) is 17.3 Å². The zero-order chi connectivity index (χ0) is 12.5. The number of nitrogens with zero attached hydrogens (tertiary/aromatic N) is 3. The van der Waals surface area contributed by atoms with Gasteiger partial charge in [-0.15, -0.1) is 0 Å². The molecular weight excluding hydrogens is 214 g/mol. The van der Waals surface area contributed by atoms with Gasteiger partial charge in [0.15, 0.2) is 0 Å². The molecule has 0 bridgehead atoms. The van der Waals surface area contributed by atoms with Crippen LogP contribution >= 0.6 is 0 Å². The molecule has 0 amide bonds. The van der Waals surface area contributed by atoms with Crippen molar-refractivity contribution in [2.24, 2.45) is 5.84 Å². The lowest BCUT2D eigenvalue weighted by Gasteiger charge is -2.30. The van der Waals surface area contributed by atoms with Crippen molar-refractivity contribution in [3.05, 3.63) is 17.6 Å². The maximum Gasteiger partial charge on any atom is 0.145 e. The molecule has 0 aromatic carbocycles. The molecule has 1 aliphatic rings. The molecule has 0 spiro atoms. The Hall–Kier alpha value is -1.20. The van der Waals surface area contributed by atoms with E-state index in [1.165, 1.54) is 12.8 Å². The Kier molecular flexibility index (Phi) is 3.31. The molecule has 3 N–H and O–H groups in total. The highest BCUT2D eigenvalue weighted by Gasteiger charge is 2.32. The average Bonchev–Trinajstić information content (AvgIpc) is 2.57. The molecule has 0 aliphatic carbocycles. The highest BCUT2D eigenvalue weighted by Crippen LogP contribution is 2.29. The normalized spacial score (nSPS) is 19.5. The second-order valence-corrected chi connectivity index (χ2v) is 5.29. The lowest BCUT2D eigenvalue weighted by Crippen LogP contribution is -2.38. The number of aryl methyl sites for hydroxylation is 1. The molecule has 94 valence electrons. The van der Waals surface area contributed by atoms with Crippen molar-refractivity contribution in [3.8, 4) is 0 Å². The van der Waals surface area contributed by atoms with Crippen LogP contribution in [-0.2, 0) is 6.54 Å². The smallest absolute Gasteiger partial charge is 0.145 e. The number of hydrogen-bond acceptors (Lipinski definition) is 5. The summed E-state index contributed by atoms with van der Waals surface area (Å²) in [6.45, 7) is 8.43. The van der Waals surface area contributed by atoms with E-state index in [0.29, 0.717) is 5.82 Å². The second-order valence-electron chi connectivity index (χ2n) is 5.29. The summed E-state index contributed by atoms with van der Waals surface area (Å²) in [4.78, 5) is 11.3. The summed E-state index contributed by atoms with van der Waals surface area (Å²) in [7, 11) is 0. The van der Waals surface area contributed by atoms with E-state index in [2.05, 4.69) is 34.1 Å². The van der Waals surface area contributed by atoms with Crippen molar-refractivity contribution < 1.29 is 0 Å². The Bertz CT molecular complexity index is 402. The number of nitrogens with one attached hydrogen (secondary N) is 1. The molecular formula is C12H21N5. The summed E-state index contributed by atoms with van der Waals surface area (Å²) in [5.74, 6) is 6.92. The van der Waals surface area contributed by atoms with Crippen molar-refractivity contribution >= 4 is 5.82 Å². The lowest BCUT2D eigenvalue weighted by molar-refractivity contribution is 0.162. The van der Waals surface area contributed by atoms with Crippen LogP contribution in [0.1, 0.15) is 38.2 Å². The number of hydrazine groups is 1. The van der Waals surface area contributed by atoms with Gasteiger partial charge in [-0.2, -0.15) is 0 Å². The molecule has 0 saturated carbocycles. The predicted octanol–water partition coefficient (Wildman–Crippen LogP) is 1.45. The highest BCUT2D eigenvalue weighted by atomic mass is 15.3. The van der Waals surface area contributed by atoms with Gasteiger partial charge >= 0.3 is 0 Å². The minimum atomic E-state index is 0.253. The molecule has 1 aromatic rings. The van der Waals surface area contributed by atoms with Crippen molar-refractivity contribution in [2.45, 2.75) is 45.7 Å². The fraction of sp³-hybridized carbons (Fsp3) is 0.667. The van der Waals surface area contributed by atoms with Crippen LogP contribution in [0.2, 0.25) is 0 Å². The van der Waals surface area contributed by atoms with Gasteiger partial charge < -0.3 is 5.43 Å². The van der Waals surface area contributed by atoms with Crippen LogP contribution < -0.4 is 11.3 Å². The van der Waals surface area contributed by atoms with Crippen molar-refractivity contribution in [1.29, 1.82) is 0 Å². The first-order chi connectivity index (χ1) is 8.01. The zero-order valence-corrected chi connectivity index (χ0v) is 10.8. The van der Waals surface area contributed by atoms with Crippen LogP contribution in [0.5, 0.6) is 0 Å². The number of rotatable bonds is 3. The standard InChI is InChI=1S/C12H21N5/c1-9-7-10(16-13)15-11(14-9)8-17-6-4-5-12(17,2)3/h7H,4-6,8,13H2,1-3H3,(H,14,15,16). The number of aromatic nitrogens is 2. The van der Waals surface area contributed by atoms with Gasteiger partial charge in [0.2, 0.25) is 0 Å². The summed E-state index contributed by atoms with van der Waals surface area (Å²) in [6, 6.07) is 1.85. The van der Waals surface area contributed by atoms with E-state index in [1.807, 2.05) is 13.0 Å². The van der Waals surface area contributed by atoms with Crippen LogP contribution in [0.15, 0.2) is 6.07 Å². The van der Waals surface area contributed by atoms with Crippen LogP contribution in [0.25, 0.3) is 0 Å². The van der Waals surface area contributed by atoms with Crippen molar-refractivity contribution in [1.82, 2.24) is 14.9 Å². The number of nitrogen functional groups attached to an aromatic ring is 1. The van der Waals surface area contributed by atoms with Crippen LogP contribution in [0.3, 0.4) is 0 Å². The first-order valence-corrected chi connectivity index (χ1v) is 6.07. The third-order valence-corrected chi connectivity index (χ3v) is 3.45. The number of hydrogen-bond donors (Lipinski definition) is 2. The summed E-state index contributed by atoms with van der Waals surface area (Å²) in [5.41, 5.74) is 3.78. The van der Waals surface area contributed by atoms with E-state index < -0.39 is 0 Å². The van der Waals surface area contributed by atoms with Gasteiger partial charge in [0.25, 0.3) is 0 Å². The Morgan fingerprint density at radius 2 is 2.24 bits per heavy atom. The largest absolute Gasteiger partial charge is 0.308 e. The highest BCUT2D eigenvalue weighted by molar-refractivity contribution is 5.33. The maximum absolute atomic E-state index is 5.40. The molecule has 1 aliphatic heterocycles. The monoisotopic (exact) mass is 235 g/mol. The van der Waals surface area contributed by atoms with Crippen LogP contribution in [-0.4, -0.2) is 27.0 Å². The van der Waals surface area contributed by atoms with Gasteiger partial charge in [0.05, 0.1) is 6.54 Å². The number of likely N-dealkylation sites (tertiary alicyclic amines) is 1. The van der Waals surface area contributed by atoms with Gasteiger partial charge in [-0.3, -0.25) is 4.90 Å². The zero-order valence-electron chi connectivity index (χ0n) is 10.8. The van der Waals surface area contributed by atoms with Gasteiger partial charge in [-0.05, 0) is 40.2 Å². The third kappa shape index (κ3) is 2.73. The Morgan fingerprint density at radius 3 is 2.82 bits per heavy atom. The summed E-state index contributed by atoms with van der Waals surface area (Å²) in [6.07, 6.45) is 2.49. The van der Waals surface area contributed by atoms with E-state index in [1.54, 1.807) is 0 Å². The molecule has 0 radical (unpaired) electrons. The fourth-order valence-electron chi connectivity index (χ4n) is 2.40. The van der Waals surface area contributed by atoms with Crippen molar-refractivity contribution in [2.75, 3.05) is 12.0 Å². The molecule has 0 unspecified atom stereocenters. The van der Waals surface area contributed by atoms with Gasteiger partial charge in [0.1, 0.15) is 11.6 Å². The molecule has 2 rings (SSSR count). The van der Waals surface area contributed by atoms with Crippen LogP contribution in [0.4, 0.5) is 5.82 Å². The van der Waals surface area contributed by atoms with E-state index in [-0.39, 0.29) is 5.54 Å². The summed E-state index contributed by atoms with van der Waals surface area (Å²) < 4.78 is 0. The minimum Gasteiger partial charge on any atom is -0.308 e.